The number of nitrogens with zero attached hydrogens (tertiary/aromatic N) is 4. The SMILES string of the molecule is Cc1cc(-n2c3cc(Oc4cc(N5CN(c6c(-c7ccccc7)cc(C(C)(C)C)cc6-c6ccccc6)c6ccccc65)cc(C(C)(C)C)c4)ccc3c3c4sc5ccccc5c4ccc32)ncc1-c1ccc(F)cc1. The second-order valence-electron chi connectivity index (χ2n) is 22.3. The van der Waals surface area contributed by atoms with Crippen LogP contribution in [0.4, 0.5) is 27.1 Å². The lowest BCUT2D eigenvalue weighted by Crippen LogP contribution is -2.26. The van der Waals surface area contributed by atoms with Gasteiger partial charge in [-0.25, -0.2) is 9.37 Å². The predicted molar refractivity (Wildman–Crippen MR) is 318 cm³/mol. The van der Waals surface area contributed by atoms with Crippen LogP contribution in [-0.2, 0) is 10.8 Å². The van der Waals surface area contributed by atoms with E-state index in [1.54, 1.807) is 0 Å². The van der Waals surface area contributed by atoms with Gasteiger partial charge in [0.05, 0.1) is 28.1 Å². The Morgan fingerprint density at radius 1 is 0.513 bits per heavy atom. The van der Waals surface area contributed by atoms with Crippen LogP contribution in [0.5, 0.6) is 11.5 Å². The van der Waals surface area contributed by atoms with Crippen molar-refractivity contribution in [2.45, 2.75) is 59.3 Å². The number of fused-ring (bicyclic) bond motifs is 8. The van der Waals surface area contributed by atoms with E-state index >= 15 is 0 Å². The van der Waals surface area contributed by atoms with Crippen molar-refractivity contribution in [2.24, 2.45) is 0 Å². The maximum Gasteiger partial charge on any atom is 0.137 e. The molecule has 0 saturated carbocycles. The molecule has 0 saturated heterocycles. The molecule has 0 amide bonds. The highest BCUT2D eigenvalue weighted by Crippen LogP contribution is 2.52. The summed E-state index contributed by atoms with van der Waals surface area (Å²) in [5.41, 5.74) is 16.5. The van der Waals surface area contributed by atoms with Gasteiger partial charge < -0.3 is 14.5 Å². The second kappa shape index (κ2) is 18.1. The summed E-state index contributed by atoms with van der Waals surface area (Å²) in [6, 6.07) is 70.5. The summed E-state index contributed by atoms with van der Waals surface area (Å²) in [4.78, 5) is 10.1. The van der Waals surface area contributed by atoms with E-state index in [2.05, 4.69) is 239 Å². The fraction of sp³-hybridized carbons (Fsp3) is 0.145. The molecular formula is C69H57FN4OS. The summed E-state index contributed by atoms with van der Waals surface area (Å²) in [7, 11) is 0. The Kier molecular flexibility index (Phi) is 11.2. The van der Waals surface area contributed by atoms with Crippen LogP contribution in [0, 0.1) is 12.7 Å². The first kappa shape index (κ1) is 47.2. The van der Waals surface area contributed by atoms with Gasteiger partial charge in [0, 0.05) is 71.7 Å². The Morgan fingerprint density at radius 3 is 1.79 bits per heavy atom. The molecule has 372 valence electrons. The fourth-order valence-corrected chi connectivity index (χ4v) is 12.5. The molecule has 0 N–H and O–H groups in total. The number of hydrogen-bond donors (Lipinski definition) is 0. The normalized spacial score (nSPS) is 12.9. The quantitative estimate of drug-likeness (QED) is 0.152. The van der Waals surface area contributed by atoms with E-state index < -0.39 is 0 Å². The van der Waals surface area contributed by atoms with Crippen molar-refractivity contribution in [3.05, 3.63) is 229 Å². The van der Waals surface area contributed by atoms with Gasteiger partial charge in [0.1, 0.15) is 29.8 Å². The first-order chi connectivity index (χ1) is 36.7. The van der Waals surface area contributed by atoms with Crippen molar-refractivity contribution < 1.29 is 9.13 Å². The minimum Gasteiger partial charge on any atom is -0.457 e. The minimum atomic E-state index is -0.260. The molecule has 1 aliphatic rings. The van der Waals surface area contributed by atoms with Crippen LogP contribution in [0.25, 0.3) is 81.2 Å². The van der Waals surface area contributed by atoms with Gasteiger partial charge in [-0.05, 0) is 130 Å². The molecule has 5 nitrogen and oxygen atoms in total. The summed E-state index contributed by atoms with van der Waals surface area (Å²) < 4.78 is 25.9. The first-order valence-corrected chi connectivity index (χ1v) is 27.0. The van der Waals surface area contributed by atoms with E-state index in [1.165, 1.54) is 76.8 Å². The molecule has 0 aliphatic carbocycles. The van der Waals surface area contributed by atoms with E-state index in [9.17, 15) is 4.39 Å². The zero-order valence-electron chi connectivity index (χ0n) is 43.8. The summed E-state index contributed by atoms with van der Waals surface area (Å²) in [6.07, 6.45) is 1.91. The Balaban J connectivity index is 0.950. The molecule has 12 aromatic rings. The maximum absolute atomic E-state index is 14.0. The molecule has 0 fully saturated rings. The number of hydrogen-bond acceptors (Lipinski definition) is 5. The lowest BCUT2D eigenvalue weighted by atomic mass is 9.82. The number of pyridine rings is 1. The molecule has 7 heteroatoms. The number of anilines is 4. The lowest BCUT2D eigenvalue weighted by molar-refractivity contribution is 0.479. The molecule has 4 heterocycles. The molecule has 9 aromatic carbocycles. The molecule has 0 unspecified atom stereocenters. The largest absolute Gasteiger partial charge is 0.457 e. The molecule has 0 radical (unpaired) electrons. The summed E-state index contributed by atoms with van der Waals surface area (Å²) in [5.74, 6) is 2.02. The first-order valence-electron chi connectivity index (χ1n) is 26.1. The van der Waals surface area contributed by atoms with Crippen molar-refractivity contribution in [2.75, 3.05) is 16.5 Å². The molecule has 3 aromatic heterocycles. The van der Waals surface area contributed by atoms with Crippen LogP contribution in [-0.4, -0.2) is 16.2 Å². The predicted octanol–water partition coefficient (Wildman–Crippen LogP) is 19.6. The van der Waals surface area contributed by atoms with E-state index in [0.29, 0.717) is 6.67 Å². The van der Waals surface area contributed by atoms with Gasteiger partial charge in [0.2, 0.25) is 0 Å². The number of rotatable bonds is 8. The van der Waals surface area contributed by atoms with Gasteiger partial charge in [0.15, 0.2) is 0 Å². The Labute approximate surface area is 447 Å². The van der Waals surface area contributed by atoms with Gasteiger partial charge in [-0.2, -0.15) is 0 Å². The van der Waals surface area contributed by atoms with Gasteiger partial charge in [-0.3, -0.25) is 4.57 Å². The molecule has 13 rings (SSSR count). The number of aromatic nitrogens is 2. The van der Waals surface area contributed by atoms with E-state index in [0.717, 1.165) is 67.5 Å². The van der Waals surface area contributed by atoms with Crippen molar-refractivity contribution in [1.82, 2.24) is 9.55 Å². The number of para-hydroxylation sites is 2. The lowest BCUT2D eigenvalue weighted by Gasteiger charge is -2.30. The van der Waals surface area contributed by atoms with Crippen LogP contribution in [0.3, 0.4) is 0 Å². The number of ether oxygens (including phenoxy) is 1. The van der Waals surface area contributed by atoms with Gasteiger partial charge in [-0.15, -0.1) is 11.3 Å². The Morgan fingerprint density at radius 2 is 1.12 bits per heavy atom. The Bertz CT molecular complexity index is 4160. The van der Waals surface area contributed by atoms with Crippen LogP contribution >= 0.6 is 11.3 Å². The number of thiophene rings is 1. The monoisotopic (exact) mass is 1010 g/mol. The van der Waals surface area contributed by atoms with Crippen molar-refractivity contribution >= 4 is 76.1 Å². The van der Waals surface area contributed by atoms with Gasteiger partial charge >= 0.3 is 0 Å². The minimum absolute atomic E-state index is 0.0785. The third-order valence-electron chi connectivity index (χ3n) is 15.2. The van der Waals surface area contributed by atoms with E-state index in [4.69, 9.17) is 9.72 Å². The topological polar surface area (TPSA) is 33.5 Å². The molecule has 0 spiro atoms. The molecular weight excluding hydrogens is 952 g/mol. The molecule has 76 heavy (non-hydrogen) atoms. The summed E-state index contributed by atoms with van der Waals surface area (Å²) in [6.45, 7) is 16.4. The average Bonchev–Trinajstić information content (AvgIpc) is 4.29. The highest BCUT2D eigenvalue weighted by molar-refractivity contribution is 7.26. The zero-order valence-corrected chi connectivity index (χ0v) is 44.6. The summed E-state index contributed by atoms with van der Waals surface area (Å²) in [5, 5.41) is 4.81. The van der Waals surface area contributed by atoms with Crippen molar-refractivity contribution in [1.29, 1.82) is 0 Å². The smallest absolute Gasteiger partial charge is 0.137 e. The standard InChI is InChI=1S/C69H57FN4OS/c1-43-34-64(71-41-58(43)46-26-28-49(70)29-27-46)74-61-33-32-54-53-22-14-17-25-63(53)76-67(54)65(61)55-31-30-51(40-62(55)74)75-52-36-47(68(2,3)4)35-50(39-52)72-42-73(60-24-16-15-23-59(60)72)66-56(44-18-10-8-11-19-44)37-48(69(5,6)7)38-57(66)45-20-12-9-13-21-45/h8-41H,42H2,1-7H3. The number of benzene rings is 9. The maximum atomic E-state index is 14.0. The van der Waals surface area contributed by atoms with Gasteiger partial charge in [-0.1, -0.05) is 151 Å². The number of halogens is 1. The number of aryl methyl sites for hydroxylation is 1. The Hall–Kier alpha value is -8.52. The van der Waals surface area contributed by atoms with E-state index in [1.807, 2.05) is 29.7 Å². The highest BCUT2D eigenvalue weighted by Gasteiger charge is 2.34. The zero-order chi connectivity index (χ0) is 52.0. The van der Waals surface area contributed by atoms with Crippen molar-refractivity contribution in [3.63, 3.8) is 0 Å². The molecule has 0 bridgehead atoms. The average molecular weight is 1010 g/mol. The van der Waals surface area contributed by atoms with Crippen LogP contribution in [0.15, 0.2) is 206 Å². The van der Waals surface area contributed by atoms with Gasteiger partial charge in [0.25, 0.3) is 0 Å². The highest BCUT2D eigenvalue weighted by atomic mass is 32.1. The van der Waals surface area contributed by atoms with Crippen LogP contribution in [0.1, 0.15) is 58.2 Å². The molecule has 0 atom stereocenters. The molecule has 1 aliphatic heterocycles. The summed E-state index contributed by atoms with van der Waals surface area (Å²) >= 11 is 1.83. The van der Waals surface area contributed by atoms with Crippen LogP contribution < -0.4 is 14.5 Å². The van der Waals surface area contributed by atoms with Crippen LogP contribution in [0.2, 0.25) is 0 Å². The fourth-order valence-electron chi connectivity index (χ4n) is 11.2. The van der Waals surface area contributed by atoms with Crippen molar-refractivity contribution in [3.8, 4) is 50.7 Å². The third kappa shape index (κ3) is 8.18. The van der Waals surface area contributed by atoms with E-state index in [-0.39, 0.29) is 16.6 Å². The second-order valence-corrected chi connectivity index (χ2v) is 23.3. The third-order valence-corrected chi connectivity index (χ3v) is 16.4.